The van der Waals surface area contributed by atoms with Gasteiger partial charge in [-0.15, -0.1) is 0 Å². The van der Waals surface area contributed by atoms with E-state index in [-0.39, 0.29) is 32.9 Å². The van der Waals surface area contributed by atoms with Crippen molar-refractivity contribution in [1.29, 1.82) is 0 Å². The molecule has 0 amide bonds. The molecule has 2 aliphatic heterocycles. The highest BCUT2D eigenvalue weighted by atomic mass is 31.1. The molecule has 0 aliphatic carbocycles. The molecule has 1 fully saturated rings. The Morgan fingerprint density at radius 3 is 2.50 bits per heavy atom. The fourth-order valence-electron chi connectivity index (χ4n) is 4.55. The van der Waals surface area contributed by atoms with Crippen molar-refractivity contribution in [3.05, 3.63) is 11.3 Å². The van der Waals surface area contributed by atoms with Gasteiger partial charge in [0.25, 0.3) is 0 Å². The smallest absolute Gasteiger partial charge is 0.340 e. The average Bonchev–Trinajstić information content (AvgIpc) is 2.75. The zero-order valence-corrected chi connectivity index (χ0v) is 22.7. The summed E-state index contributed by atoms with van der Waals surface area (Å²) in [5, 5.41) is 0. The predicted octanol–water partition coefficient (Wildman–Crippen LogP) is 3.70. The number of carbonyl (C=O) groups is 2. The topological polar surface area (TPSA) is 101 Å². The van der Waals surface area contributed by atoms with Crippen LogP contribution in [0.2, 0.25) is 0 Å². The Balaban J connectivity index is 2.46. The summed E-state index contributed by atoms with van der Waals surface area (Å²) >= 11 is 0. The molecule has 194 valence electrons. The van der Waals surface area contributed by atoms with Crippen molar-refractivity contribution in [2.24, 2.45) is 5.92 Å². The first-order chi connectivity index (χ1) is 15.8. The second kappa shape index (κ2) is 11.6. The van der Waals surface area contributed by atoms with Crippen molar-refractivity contribution >= 4 is 20.7 Å². The normalized spacial score (nSPS) is 30.9. The van der Waals surface area contributed by atoms with E-state index in [2.05, 4.69) is 0 Å². The van der Waals surface area contributed by atoms with Crippen molar-refractivity contribution in [2.45, 2.75) is 102 Å². The molecule has 0 bridgehead atoms. The molecule has 10 heteroatoms. The number of hydrogen-bond acceptors (Lipinski definition) is 9. The minimum atomic E-state index is -1.13. The molecule has 0 aromatic carbocycles. The van der Waals surface area contributed by atoms with Crippen LogP contribution in [-0.2, 0) is 37.8 Å². The van der Waals surface area contributed by atoms with Gasteiger partial charge in [-0.2, -0.15) is 0 Å². The summed E-state index contributed by atoms with van der Waals surface area (Å²) in [6.45, 7) is 10.6. The van der Waals surface area contributed by atoms with E-state index in [9.17, 15) is 14.2 Å². The SMILES string of the molecule is CO[C@@](C)(C[C@@H](C)C=O)[C@@H](CC1=C(C)C(=O)OC(C)(C)O1)O[C@@H]1OC(C)CC(N(C)C)C1P=O. The lowest BCUT2D eigenvalue weighted by atomic mass is 9.85. The Labute approximate surface area is 204 Å². The second-order valence-electron chi connectivity index (χ2n) is 10.3. The maximum Gasteiger partial charge on any atom is 0.340 e. The van der Waals surface area contributed by atoms with E-state index >= 15 is 0 Å². The number of ether oxygens (including phenoxy) is 5. The minimum Gasteiger partial charge on any atom is -0.457 e. The highest BCUT2D eigenvalue weighted by molar-refractivity contribution is 7.24. The molecule has 0 aromatic heterocycles. The van der Waals surface area contributed by atoms with Gasteiger partial charge in [0.1, 0.15) is 17.7 Å². The molecule has 2 rings (SSSR count). The number of hydrogen-bond donors (Lipinski definition) is 0. The van der Waals surface area contributed by atoms with Crippen LogP contribution >= 0.6 is 8.46 Å². The highest BCUT2D eigenvalue weighted by Gasteiger charge is 2.46. The average molecular weight is 502 g/mol. The summed E-state index contributed by atoms with van der Waals surface area (Å²) in [5.41, 5.74) is -1.01. The molecule has 0 aromatic rings. The standard InChI is InChI=1S/C24H40NO8P/c1-14(13-26)12-24(6,29-9)19(11-18-16(3)21(27)33-23(4,5)32-18)31-22-20(34-28)17(25(7)8)10-15(2)30-22/h13-15,17,19-20,22H,10-12H2,1-9H3/t14-,15?,17?,19-,20?,22+,24+/m1/s1. The molecule has 1 saturated heterocycles. The molecular formula is C24H40NO8P. The predicted molar refractivity (Wildman–Crippen MR) is 127 cm³/mol. The first-order valence-electron chi connectivity index (χ1n) is 11.7. The first-order valence-corrected chi connectivity index (χ1v) is 12.6. The molecule has 9 nitrogen and oxygen atoms in total. The number of nitrogens with zero attached hydrogens (tertiary/aromatic N) is 1. The first kappa shape index (κ1) is 28.9. The molecular weight excluding hydrogens is 461 g/mol. The van der Waals surface area contributed by atoms with Crippen LogP contribution in [0.1, 0.15) is 60.8 Å². The van der Waals surface area contributed by atoms with Crippen LogP contribution in [0.3, 0.4) is 0 Å². The number of aldehydes is 1. The molecule has 0 radical (unpaired) electrons. The summed E-state index contributed by atoms with van der Waals surface area (Å²) in [6, 6.07) is -0.0166. The van der Waals surface area contributed by atoms with Gasteiger partial charge in [0.15, 0.2) is 14.8 Å². The maximum absolute atomic E-state index is 12.4. The van der Waals surface area contributed by atoms with Crippen LogP contribution in [0.5, 0.6) is 0 Å². The molecule has 0 spiro atoms. The van der Waals surface area contributed by atoms with Gasteiger partial charge in [0.2, 0.25) is 5.79 Å². The number of cyclic esters (lactones) is 1. The summed E-state index contributed by atoms with van der Waals surface area (Å²) in [7, 11) is 5.36. The molecule has 34 heavy (non-hydrogen) atoms. The molecule has 2 aliphatic rings. The fourth-order valence-corrected chi connectivity index (χ4v) is 5.32. The van der Waals surface area contributed by atoms with Gasteiger partial charge in [-0.3, -0.25) is 4.57 Å². The monoisotopic (exact) mass is 501 g/mol. The number of rotatable bonds is 11. The third-order valence-electron chi connectivity index (χ3n) is 6.61. The van der Waals surface area contributed by atoms with E-state index < -0.39 is 35.4 Å². The van der Waals surface area contributed by atoms with Gasteiger partial charge >= 0.3 is 5.97 Å². The zero-order chi connectivity index (χ0) is 25.8. The van der Waals surface area contributed by atoms with E-state index in [1.165, 1.54) is 0 Å². The van der Waals surface area contributed by atoms with E-state index in [0.717, 1.165) is 6.29 Å². The quantitative estimate of drug-likeness (QED) is 0.238. The minimum absolute atomic E-state index is 0.0166. The molecule has 0 N–H and O–H groups in total. The molecule has 2 heterocycles. The van der Waals surface area contributed by atoms with Crippen LogP contribution in [0.25, 0.3) is 0 Å². The lowest BCUT2D eigenvalue weighted by Crippen LogP contribution is -2.55. The molecule has 3 unspecified atom stereocenters. The van der Waals surface area contributed by atoms with Gasteiger partial charge < -0.3 is 33.4 Å². The Morgan fingerprint density at radius 2 is 1.97 bits per heavy atom. The van der Waals surface area contributed by atoms with Crippen LogP contribution in [0.15, 0.2) is 11.3 Å². The summed E-state index contributed by atoms with van der Waals surface area (Å²) < 4.78 is 42.1. The lowest BCUT2D eigenvalue weighted by molar-refractivity contribution is -0.256. The molecule has 0 saturated carbocycles. The van der Waals surface area contributed by atoms with E-state index in [1.54, 1.807) is 27.9 Å². The highest BCUT2D eigenvalue weighted by Crippen LogP contribution is 2.39. The third kappa shape index (κ3) is 6.85. The van der Waals surface area contributed by atoms with Gasteiger partial charge in [-0.05, 0) is 47.7 Å². The summed E-state index contributed by atoms with van der Waals surface area (Å²) in [4.78, 5) is 25.9. The Bertz CT molecular complexity index is 785. The van der Waals surface area contributed by atoms with Gasteiger partial charge in [-0.25, -0.2) is 4.79 Å². The lowest BCUT2D eigenvalue weighted by Gasteiger charge is -2.45. The van der Waals surface area contributed by atoms with Crippen molar-refractivity contribution in [3.8, 4) is 0 Å². The Kier molecular flexibility index (Phi) is 9.82. The maximum atomic E-state index is 12.4. The van der Waals surface area contributed by atoms with Crippen molar-refractivity contribution < 1.29 is 37.8 Å². The van der Waals surface area contributed by atoms with Gasteiger partial charge in [-0.1, -0.05) is 6.92 Å². The number of esters is 1. The number of carbonyl (C=O) groups excluding carboxylic acids is 2. The Hall–Kier alpha value is -1.38. The van der Waals surface area contributed by atoms with Gasteiger partial charge in [0, 0.05) is 39.3 Å². The van der Waals surface area contributed by atoms with E-state index in [0.29, 0.717) is 24.2 Å². The Morgan fingerprint density at radius 1 is 1.32 bits per heavy atom. The third-order valence-corrected chi connectivity index (χ3v) is 7.44. The van der Waals surface area contributed by atoms with Crippen molar-refractivity contribution in [2.75, 3.05) is 21.2 Å². The summed E-state index contributed by atoms with van der Waals surface area (Å²) in [5.74, 6) is -1.46. The zero-order valence-electron chi connectivity index (χ0n) is 21.8. The van der Waals surface area contributed by atoms with Crippen molar-refractivity contribution in [3.63, 3.8) is 0 Å². The van der Waals surface area contributed by atoms with E-state index in [1.807, 2.05) is 39.8 Å². The van der Waals surface area contributed by atoms with E-state index in [4.69, 9.17) is 23.7 Å². The van der Waals surface area contributed by atoms with Crippen LogP contribution in [-0.4, -0.2) is 79.9 Å². The molecule has 7 atom stereocenters. The van der Waals surface area contributed by atoms with Crippen LogP contribution in [0.4, 0.5) is 0 Å². The fraction of sp³-hybridized carbons (Fsp3) is 0.833. The van der Waals surface area contributed by atoms with Crippen LogP contribution in [0, 0.1) is 5.92 Å². The van der Waals surface area contributed by atoms with Crippen molar-refractivity contribution in [1.82, 2.24) is 4.90 Å². The largest absolute Gasteiger partial charge is 0.457 e. The van der Waals surface area contributed by atoms with Crippen LogP contribution < -0.4 is 0 Å². The number of methoxy groups -OCH3 is 1. The summed E-state index contributed by atoms with van der Waals surface area (Å²) in [6.07, 6.45) is 0.575. The second-order valence-corrected chi connectivity index (χ2v) is 11.1. The van der Waals surface area contributed by atoms with Gasteiger partial charge in [0.05, 0.1) is 23.4 Å².